The second-order valence-corrected chi connectivity index (χ2v) is 6.75. The van der Waals surface area contributed by atoms with Gasteiger partial charge in [0.05, 0.1) is 12.2 Å². The Morgan fingerprint density at radius 3 is 2.68 bits per heavy atom. The van der Waals surface area contributed by atoms with E-state index in [4.69, 9.17) is 11.6 Å². The summed E-state index contributed by atoms with van der Waals surface area (Å²) in [5, 5.41) is 9.89. The lowest BCUT2D eigenvalue weighted by Crippen LogP contribution is -2.31. The third-order valence-electron chi connectivity index (χ3n) is 3.48. The summed E-state index contributed by atoms with van der Waals surface area (Å²) >= 11 is 9.46. The van der Waals surface area contributed by atoms with Gasteiger partial charge in [-0.3, -0.25) is 14.3 Å². The first-order valence-corrected chi connectivity index (χ1v) is 8.66. The van der Waals surface area contributed by atoms with E-state index in [1.165, 1.54) is 10.8 Å². The molecular formula is C17H18BrClN4O2. The van der Waals surface area contributed by atoms with Gasteiger partial charge in [0.25, 0.3) is 0 Å². The number of rotatable bonds is 5. The minimum Gasteiger partial charge on any atom is -0.343 e. The topological polar surface area (TPSA) is 76.0 Å². The molecule has 2 amide bonds. The van der Waals surface area contributed by atoms with E-state index < -0.39 is 0 Å². The number of amides is 2. The van der Waals surface area contributed by atoms with Crippen molar-refractivity contribution in [2.45, 2.75) is 13.8 Å². The fourth-order valence-corrected chi connectivity index (χ4v) is 2.90. The number of benzene rings is 1. The normalized spacial score (nSPS) is 10.9. The maximum absolute atomic E-state index is 11.9. The molecule has 2 aromatic rings. The molecule has 132 valence electrons. The summed E-state index contributed by atoms with van der Waals surface area (Å²) in [6.07, 6.45) is 2.91. The molecule has 1 heterocycles. The van der Waals surface area contributed by atoms with E-state index in [9.17, 15) is 9.59 Å². The van der Waals surface area contributed by atoms with Crippen LogP contribution in [0.15, 0.2) is 28.7 Å². The smallest absolute Gasteiger partial charge is 0.244 e. The maximum atomic E-state index is 11.9. The molecule has 8 heteroatoms. The Hall–Kier alpha value is -2.12. The summed E-state index contributed by atoms with van der Waals surface area (Å²) in [7, 11) is 1.72. The Morgan fingerprint density at radius 1 is 1.36 bits per heavy atom. The summed E-state index contributed by atoms with van der Waals surface area (Å²) in [6.45, 7) is 3.57. The zero-order chi connectivity index (χ0) is 18.6. The van der Waals surface area contributed by atoms with Crippen LogP contribution in [0.25, 0.3) is 6.08 Å². The quantitative estimate of drug-likeness (QED) is 0.722. The monoisotopic (exact) mass is 424 g/mol. The van der Waals surface area contributed by atoms with Crippen LogP contribution in [-0.2, 0) is 16.6 Å². The van der Waals surface area contributed by atoms with Crippen molar-refractivity contribution < 1.29 is 9.59 Å². The van der Waals surface area contributed by atoms with Gasteiger partial charge >= 0.3 is 0 Å². The molecule has 0 aliphatic rings. The molecule has 0 bridgehead atoms. The molecule has 1 aromatic heterocycles. The summed E-state index contributed by atoms with van der Waals surface area (Å²) < 4.78 is 2.47. The molecule has 0 saturated carbocycles. The van der Waals surface area contributed by atoms with E-state index in [0.717, 1.165) is 15.7 Å². The van der Waals surface area contributed by atoms with Gasteiger partial charge < -0.3 is 10.6 Å². The predicted molar refractivity (Wildman–Crippen MR) is 103 cm³/mol. The summed E-state index contributed by atoms with van der Waals surface area (Å²) in [5.74, 6) is -0.690. The van der Waals surface area contributed by atoms with Crippen molar-refractivity contribution in [2.24, 2.45) is 7.05 Å². The lowest BCUT2D eigenvalue weighted by Gasteiger charge is -2.09. The van der Waals surface area contributed by atoms with Gasteiger partial charge in [0.1, 0.15) is 5.15 Å². The summed E-state index contributed by atoms with van der Waals surface area (Å²) in [4.78, 5) is 23.8. The highest BCUT2D eigenvalue weighted by molar-refractivity contribution is 9.10. The van der Waals surface area contributed by atoms with Crippen LogP contribution in [0.2, 0.25) is 5.15 Å². The Labute approximate surface area is 159 Å². The van der Waals surface area contributed by atoms with Crippen LogP contribution in [0.3, 0.4) is 0 Å². The molecule has 1 aromatic carbocycles. The summed E-state index contributed by atoms with van der Waals surface area (Å²) in [5.41, 5.74) is 3.03. The van der Waals surface area contributed by atoms with Crippen LogP contribution in [0.5, 0.6) is 0 Å². The number of hydrogen-bond acceptors (Lipinski definition) is 3. The molecule has 0 spiro atoms. The van der Waals surface area contributed by atoms with E-state index in [1.54, 1.807) is 26.1 Å². The zero-order valence-electron chi connectivity index (χ0n) is 14.1. The van der Waals surface area contributed by atoms with Crippen LogP contribution in [-0.4, -0.2) is 28.1 Å². The minimum absolute atomic E-state index is 0.127. The second-order valence-electron chi connectivity index (χ2n) is 5.47. The van der Waals surface area contributed by atoms with E-state index in [-0.39, 0.29) is 18.4 Å². The SMILES string of the molecule is Cc1cc(Br)ccc1NC(=O)CNC(=O)/C=C/c1c(C)nn(C)c1Cl. The van der Waals surface area contributed by atoms with Crippen molar-refractivity contribution >= 4 is 51.1 Å². The molecule has 0 unspecified atom stereocenters. The Bertz CT molecular complexity index is 845. The van der Waals surface area contributed by atoms with Gasteiger partial charge in [-0.15, -0.1) is 0 Å². The molecule has 0 fully saturated rings. The van der Waals surface area contributed by atoms with E-state index in [0.29, 0.717) is 16.4 Å². The number of nitrogens with one attached hydrogen (secondary N) is 2. The number of hydrogen-bond donors (Lipinski definition) is 2. The van der Waals surface area contributed by atoms with Gasteiger partial charge in [-0.1, -0.05) is 27.5 Å². The van der Waals surface area contributed by atoms with Crippen molar-refractivity contribution in [2.75, 3.05) is 11.9 Å². The van der Waals surface area contributed by atoms with E-state index in [2.05, 4.69) is 31.7 Å². The van der Waals surface area contributed by atoms with Gasteiger partial charge in [0.15, 0.2) is 0 Å². The fourth-order valence-electron chi connectivity index (χ4n) is 2.18. The van der Waals surface area contributed by atoms with E-state index >= 15 is 0 Å². The first-order chi connectivity index (χ1) is 11.8. The van der Waals surface area contributed by atoms with Crippen LogP contribution < -0.4 is 10.6 Å². The predicted octanol–water partition coefficient (Wildman–Crippen LogP) is 3.22. The van der Waals surface area contributed by atoms with E-state index in [1.807, 2.05) is 19.1 Å². The molecule has 2 rings (SSSR count). The number of aromatic nitrogens is 2. The van der Waals surface area contributed by atoms with Crippen molar-refractivity contribution in [1.29, 1.82) is 0 Å². The molecule has 6 nitrogen and oxygen atoms in total. The average molecular weight is 426 g/mol. The molecule has 25 heavy (non-hydrogen) atoms. The Kier molecular flexibility index (Phi) is 6.39. The van der Waals surface area contributed by atoms with Crippen LogP contribution in [0.1, 0.15) is 16.8 Å². The Balaban J connectivity index is 1.89. The average Bonchev–Trinajstić information content (AvgIpc) is 2.79. The number of anilines is 1. The lowest BCUT2D eigenvalue weighted by atomic mass is 10.2. The third kappa shape index (κ3) is 5.17. The highest BCUT2D eigenvalue weighted by Gasteiger charge is 2.09. The number of nitrogens with zero attached hydrogens (tertiary/aromatic N) is 2. The molecule has 0 radical (unpaired) electrons. The standard InChI is InChI=1S/C17H18BrClN4O2/c1-10-8-12(18)4-6-14(10)21-16(25)9-20-15(24)7-5-13-11(2)22-23(3)17(13)19/h4-8H,9H2,1-3H3,(H,20,24)(H,21,25)/b7-5+. The first-order valence-electron chi connectivity index (χ1n) is 7.49. The number of carbonyl (C=O) groups excluding carboxylic acids is 2. The van der Waals surface area contributed by atoms with Gasteiger partial charge in [-0.2, -0.15) is 5.10 Å². The summed E-state index contributed by atoms with van der Waals surface area (Å²) in [6, 6.07) is 5.53. The van der Waals surface area contributed by atoms with Crippen LogP contribution in [0, 0.1) is 13.8 Å². The highest BCUT2D eigenvalue weighted by atomic mass is 79.9. The zero-order valence-corrected chi connectivity index (χ0v) is 16.4. The van der Waals surface area contributed by atoms with Gasteiger partial charge in [-0.05, 0) is 43.7 Å². The Morgan fingerprint density at radius 2 is 2.08 bits per heavy atom. The lowest BCUT2D eigenvalue weighted by molar-refractivity contribution is -0.121. The van der Waals surface area contributed by atoms with Crippen molar-refractivity contribution in [3.63, 3.8) is 0 Å². The van der Waals surface area contributed by atoms with Crippen molar-refractivity contribution in [3.8, 4) is 0 Å². The third-order valence-corrected chi connectivity index (χ3v) is 4.42. The maximum Gasteiger partial charge on any atom is 0.244 e. The van der Waals surface area contributed by atoms with Gasteiger partial charge in [0.2, 0.25) is 11.8 Å². The molecule has 0 aliphatic heterocycles. The highest BCUT2D eigenvalue weighted by Crippen LogP contribution is 2.20. The molecular weight excluding hydrogens is 408 g/mol. The molecule has 0 aliphatic carbocycles. The van der Waals surface area contributed by atoms with Crippen molar-refractivity contribution in [3.05, 3.63) is 50.7 Å². The minimum atomic E-state index is -0.387. The second kappa shape index (κ2) is 8.31. The number of aryl methyl sites for hydroxylation is 3. The fraction of sp³-hybridized carbons (Fsp3) is 0.235. The molecule has 2 N–H and O–H groups in total. The van der Waals surface area contributed by atoms with Gasteiger partial charge in [-0.25, -0.2) is 0 Å². The van der Waals surface area contributed by atoms with Crippen LogP contribution >= 0.6 is 27.5 Å². The largest absolute Gasteiger partial charge is 0.343 e. The number of carbonyl (C=O) groups is 2. The van der Waals surface area contributed by atoms with Gasteiger partial charge in [0, 0.05) is 28.8 Å². The molecule has 0 saturated heterocycles. The molecule has 0 atom stereocenters. The van der Waals surface area contributed by atoms with Crippen LogP contribution in [0.4, 0.5) is 5.69 Å². The first kappa shape index (κ1) is 19.2. The van der Waals surface area contributed by atoms with Crippen molar-refractivity contribution in [1.82, 2.24) is 15.1 Å². The number of halogens is 2.